The summed E-state index contributed by atoms with van der Waals surface area (Å²) < 4.78 is 1.62. The molecule has 2 N–H and O–H groups in total. The summed E-state index contributed by atoms with van der Waals surface area (Å²) in [4.78, 5) is 12.2. The second-order valence-corrected chi connectivity index (χ2v) is 6.37. The number of nitrogens with two attached hydrogens (primary N) is 1. The number of hydrogen-bond donors (Lipinski definition) is 1. The van der Waals surface area contributed by atoms with Crippen LogP contribution in [0.15, 0.2) is 16.9 Å². The summed E-state index contributed by atoms with van der Waals surface area (Å²) in [6.07, 6.45) is 0. The predicted molar refractivity (Wildman–Crippen MR) is 72.4 cm³/mol. The fourth-order valence-corrected chi connectivity index (χ4v) is 1.88. The number of nitriles is 1. The highest BCUT2D eigenvalue weighted by Gasteiger charge is 2.23. The van der Waals surface area contributed by atoms with Crippen LogP contribution in [0.2, 0.25) is 0 Å². The SMILES string of the molecule is CC(C)(N)Cn1c(C(C)(C)C)ccc(C#N)c1=O. The predicted octanol–water partition coefficient (Wildman–Crippen LogP) is 1.75. The zero-order chi connectivity index (χ0) is 14.1. The Kier molecular flexibility index (Phi) is 3.68. The summed E-state index contributed by atoms with van der Waals surface area (Å²) in [5, 5.41) is 8.94. The first kappa shape index (κ1) is 14.5. The molecule has 4 heteroatoms. The molecule has 0 spiro atoms. The van der Waals surface area contributed by atoms with E-state index >= 15 is 0 Å². The van der Waals surface area contributed by atoms with Gasteiger partial charge in [0.15, 0.2) is 0 Å². The van der Waals surface area contributed by atoms with Gasteiger partial charge in [-0.15, -0.1) is 0 Å². The molecule has 18 heavy (non-hydrogen) atoms. The Morgan fingerprint density at radius 1 is 1.28 bits per heavy atom. The van der Waals surface area contributed by atoms with E-state index in [1.807, 2.05) is 46.8 Å². The molecule has 0 saturated carbocycles. The van der Waals surface area contributed by atoms with Gasteiger partial charge >= 0.3 is 0 Å². The van der Waals surface area contributed by atoms with Gasteiger partial charge in [-0.3, -0.25) is 4.79 Å². The van der Waals surface area contributed by atoms with Crippen molar-refractivity contribution in [2.45, 2.75) is 52.1 Å². The van der Waals surface area contributed by atoms with E-state index in [0.717, 1.165) is 5.69 Å². The van der Waals surface area contributed by atoms with E-state index < -0.39 is 5.54 Å². The van der Waals surface area contributed by atoms with Crippen molar-refractivity contribution in [3.63, 3.8) is 0 Å². The normalized spacial score (nSPS) is 12.3. The first-order chi connectivity index (χ1) is 8.06. The van der Waals surface area contributed by atoms with Gasteiger partial charge < -0.3 is 10.3 Å². The lowest BCUT2D eigenvalue weighted by atomic mass is 9.90. The van der Waals surface area contributed by atoms with Crippen LogP contribution < -0.4 is 11.3 Å². The van der Waals surface area contributed by atoms with Crippen molar-refractivity contribution in [1.82, 2.24) is 4.57 Å². The van der Waals surface area contributed by atoms with E-state index in [2.05, 4.69) is 0 Å². The van der Waals surface area contributed by atoms with Crippen LogP contribution in [-0.2, 0) is 12.0 Å². The molecule has 0 unspecified atom stereocenters. The molecule has 0 aliphatic rings. The van der Waals surface area contributed by atoms with Crippen molar-refractivity contribution < 1.29 is 0 Å². The van der Waals surface area contributed by atoms with Crippen molar-refractivity contribution in [1.29, 1.82) is 5.26 Å². The summed E-state index contributed by atoms with van der Waals surface area (Å²) in [6, 6.07) is 5.35. The fraction of sp³-hybridized carbons (Fsp3) is 0.571. The molecule has 1 rings (SSSR count). The Hall–Kier alpha value is -1.60. The average molecular weight is 247 g/mol. The van der Waals surface area contributed by atoms with Crippen LogP contribution in [0.4, 0.5) is 0 Å². The average Bonchev–Trinajstić information content (AvgIpc) is 2.17. The van der Waals surface area contributed by atoms with Crippen molar-refractivity contribution in [2.75, 3.05) is 0 Å². The quantitative estimate of drug-likeness (QED) is 0.865. The van der Waals surface area contributed by atoms with Crippen LogP contribution in [0.3, 0.4) is 0 Å². The molecule has 0 saturated heterocycles. The Bertz CT molecular complexity index is 536. The lowest BCUT2D eigenvalue weighted by molar-refractivity contribution is 0.395. The lowest BCUT2D eigenvalue weighted by Gasteiger charge is -2.28. The molecule has 0 fully saturated rings. The van der Waals surface area contributed by atoms with Crippen LogP contribution in [-0.4, -0.2) is 10.1 Å². The first-order valence-corrected chi connectivity index (χ1v) is 5.99. The minimum atomic E-state index is -0.502. The smallest absolute Gasteiger partial charge is 0.268 e. The maximum absolute atomic E-state index is 12.2. The minimum Gasteiger partial charge on any atom is -0.324 e. The Morgan fingerprint density at radius 2 is 1.83 bits per heavy atom. The maximum Gasteiger partial charge on any atom is 0.268 e. The lowest BCUT2D eigenvalue weighted by Crippen LogP contribution is -2.43. The number of nitrogens with zero attached hydrogens (tertiary/aromatic N) is 2. The molecule has 1 aromatic heterocycles. The second-order valence-electron chi connectivity index (χ2n) is 6.37. The van der Waals surface area contributed by atoms with E-state index in [-0.39, 0.29) is 16.5 Å². The molecule has 0 amide bonds. The van der Waals surface area contributed by atoms with Crippen LogP contribution in [0.25, 0.3) is 0 Å². The number of aromatic nitrogens is 1. The largest absolute Gasteiger partial charge is 0.324 e. The molecule has 0 bridgehead atoms. The molecule has 1 heterocycles. The molecule has 0 atom stereocenters. The monoisotopic (exact) mass is 247 g/mol. The van der Waals surface area contributed by atoms with Crippen LogP contribution in [0.1, 0.15) is 45.9 Å². The van der Waals surface area contributed by atoms with E-state index in [9.17, 15) is 4.79 Å². The van der Waals surface area contributed by atoms with Gasteiger partial charge in [0.25, 0.3) is 5.56 Å². The molecule has 1 aromatic rings. The van der Waals surface area contributed by atoms with Gasteiger partial charge in [-0.05, 0) is 26.0 Å². The fourth-order valence-electron chi connectivity index (χ4n) is 1.88. The standard InChI is InChI=1S/C14H21N3O/c1-13(2,3)11-7-6-10(8-15)12(18)17(11)9-14(4,5)16/h6-7H,9,16H2,1-5H3. The third-order valence-corrected chi connectivity index (χ3v) is 2.63. The molecule has 0 aromatic carbocycles. The van der Waals surface area contributed by atoms with E-state index in [4.69, 9.17) is 11.0 Å². The summed E-state index contributed by atoms with van der Waals surface area (Å²) in [5.74, 6) is 0. The molecular weight excluding hydrogens is 226 g/mol. The van der Waals surface area contributed by atoms with Crippen molar-refractivity contribution >= 4 is 0 Å². The van der Waals surface area contributed by atoms with Gasteiger partial charge in [0.2, 0.25) is 0 Å². The maximum atomic E-state index is 12.2. The van der Waals surface area contributed by atoms with Crippen molar-refractivity contribution in [3.8, 4) is 6.07 Å². The van der Waals surface area contributed by atoms with Gasteiger partial charge in [0.05, 0.1) is 0 Å². The summed E-state index contributed by atoms with van der Waals surface area (Å²) >= 11 is 0. The van der Waals surface area contributed by atoms with Gasteiger partial charge in [0.1, 0.15) is 11.6 Å². The molecule has 0 radical (unpaired) electrons. The zero-order valence-corrected chi connectivity index (χ0v) is 11.7. The van der Waals surface area contributed by atoms with Gasteiger partial charge in [-0.2, -0.15) is 5.26 Å². The highest BCUT2D eigenvalue weighted by molar-refractivity contribution is 5.30. The van der Waals surface area contributed by atoms with Crippen LogP contribution in [0, 0.1) is 11.3 Å². The topological polar surface area (TPSA) is 71.8 Å². The minimum absolute atomic E-state index is 0.159. The highest BCUT2D eigenvalue weighted by atomic mass is 16.1. The van der Waals surface area contributed by atoms with E-state index in [1.54, 1.807) is 10.6 Å². The van der Waals surface area contributed by atoms with E-state index in [0.29, 0.717) is 6.54 Å². The third-order valence-electron chi connectivity index (χ3n) is 2.63. The number of hydrogen-bond acceptors (Lipinski definition) is 3. The highest BCUT2D eigenvalue weighted by Crippen LogP contribution is 2.22. The summed E-state index contributed by atoms with van der Waals surface area (Å²) in [5.41, 5.74) is 6.12. The molecule has 0 aliphatic heterocycles. The Morgan fingerprint density at radius 3 is 2.22 bits per heavy atom. The van der Waals surface area contributed by atoms with Crippen molar-refractivity contribution in [2.24, 2.45) is 5.73 Å². The molecule has 4 nitrogen and oxygen atoms in total. The van der Waals surface area contributed by atoms with E-state index in [1.165, 1.54) is 0 Å². The second kappa shape index (κ2) is 4.58. The van der Waals surface area contributed by atoms with Gasteiger partial charge in [-0.25, -0.2) is 0 Å². The summed E-state index contributed by atoms with van der Waals surface area (Å²) in [7, 11) is 0. The Labute approximate surface area is 108 Å². The van der Waals surface area contributed by atoms with Gasteiger partial charge in [0, 0.05) is 23.2 Å². The zero-order valence-electron chi connectivity index (χ0n) is 11.7. The Balaban J connectivity index is 3.52. The van der Waals surface area contributed by atoms with Gasteiger partial charge in [-0.1, -0.05) is 20.8 Å². The summed E-state index contributed by atoms with van der Waals surface area (Å²) in [6.45, 7) is 10.2. The molecular formula is C14H21N3O. The number of rotatable bonds is 2. The third kappa shape index (κ3) is 3.21. The number of pyridine rings is 1. The van der Waals surface area contributed by atoms with Crippen molar-refractivity contribution in [3.05, 3.63) is 33.7 Å². The first-order valence-electron chi connectivity index (χ1n) is 5.99. The van der Waals surface area contributed by atoms with Crippen LogP contribution >= 0.6 is 0 Å². The van der Waals surface area contributed by atoms with Crippen LogP contribution in [0.5, 0.6) is 0 Å². The molecule has 0 aliphatic carbocycles. The molecule has 98 valence electrons.